The van der Waals surface area contributed by atoms with Crippen molar-refractivity contribution in [1.29, 1.82) is 0 Å². The summed E-state index contributed by atoms with van der Waals surface area (Å²) in [5.41, 5.74) is 0. The summed E-state index contributed by atoms with van der Waals surface area (Å²) in [4.78, 5) is 2.15. The molecule has 19 heavy (non-hydrogen) atoms. The van der Waals surface area contributed by atoms with Crippen LogP contribution in [0, 0.1) is 5.92 Å². The maximum Gasteiger partial charge on any atom is 0.244 e. The SMILES string of the molecule is CN1CCCC(CNS(=O)(=O)c2ccccc2O)C1. The zero-order chi connectivity index (χ0) is 13.9. The molecule has 1 aliphatic heterocycles. The Morgan fingerprint density at radius 2 is 2.16 bits per heavy atom. The number of nitrogens with one attached hydrogen (secondary N) is 1. The second-order valence-electron chi connectivity index (χ2n) is 5.09. The number of likely N-dealkylation sites (tertiary alicyclic amines) is 1. The second kappa shape index (κ2) is 5.90. The van der Waals surface area contributed by atoms with E-state index in [1.165, 1.54) is 12.1 Å². The van der Waals surface area contributed by atoms with Crippen LogP contribution in [0.3, 0.4) is 0 Å². The van der Waals surface area contributed by atoms with Crippen LogP contribution in [0.5, 0.6) is 5.75 Å². The smallest absolute Gasteiger partial charge is 0.244 e. The van der Waals surface area contributed by atoms with E-state index in [2.05, 4.69) is 9.62 Å². The number of hydrogen-bond acceptors (Lipinski definition) is 4. The van der Waals surface area contributed by atoms with Crippen LogP contribution in [0.4, 0.5) is 0 Å². The molecular formula is C13H20N2O3S. The van der Waals surface area contributed by atoms with Crippen molar-refractivity contribution in [2.24, 2.45) is 5.92 Å². The van der Waals surface area contributed by atoms with Gasteiger partial charge in [0.15, 0.2) is 0 Å². The molecule has 0 bridgehead atoms. The molecule has 1 unspecified atom stereocenters. The summed E-state index contributed by atoms with van der Waals surface area (Å²) in [7, 11) is -1.58. The fourth-order valence-electron chi connectivity index (χ4n) is 2.43. The van der Waals surface area contributed by atoms with Crippen LogP contribution >= 0.6 is 0 Å². The minimum Gasteiger partial charge on any atom is -0.507 e. The average molecular weight is 284 g/mol. The lowest BCUT2D eigenvalue weighted by molar-refractivity contribution is 0.211. The monoisotopic (exact) mass is 284 g/mol. The van der Waals surface area contributed by atoms with Crippen molar-refractivity contribution in [2.45, 2.75) is 17.7 Å². The maximum atomic E-state index is 12.1. The molecule has 6 heteroatoms. The molecule has 2 N–H and O–H groups in total. The van der Waals surface area contributed by atoms with Crippen molar-refractivity contribution in [3.63, 3.8) is 0 Å². The largest absolute Gasteiger partial charge is 0.507 e. The fraction of sp³-hybridized carbons (Fsp3) is 0.538. The molecule has 0 aromatic heterocycles. The Morgan fingerprint density at radius 1 is 1.42 bits per heavy atom. The highest BCUT2D eigenvalue weighted by molar-refractivity contribution is 7.89. The van der Waals surface area contributed by atoms with Crippen molar-refractivity contribution in [2.75, 3.05) is 26.7 Å². The van der Waals surface area contributed by atoms with Crippen molar-refractivity contribution in [1.82, 2.24) is 9.62 Å². The fourth-order valence-corrected chi connectivity index (χ4v) is 3.64. The summed E-state index contributed by atoms with van der Waals surface area (Å²) in [5.74, 6) is 0.121. The molecular weight excluding hydrogens is 264 g/mol. The highest BCUT2D eigenvalue weighted by atomic mass is 32.2. The Kier molecular flexibility index (Phi) is 4.44. The number of phenols is 1. The summed E-state index contributed by atoms with van der Waals surface area (Å²) in [6.45, 7) is 2.40. The first-order valence-corrected chi connectivity index (χ1v) is 7.93. The Balaban J connectivity index is 2.00. The first kappa shape index (κ1) is 14.3. The number of nitrogens with zero attached hydrogens (tertiary/aromatic N) is 1. The Hall–Kier alpha value is -1.11. The summed E-state index contributed by atoms with van der Waals surface area (Å²) >= 11 is 0. The highest BCUT2D eigenvalue weighted by Crippen LogP contribution is 2.22. The Labute approximate surface area is 114 Å². The topological polar surface area (TPSA) is 69.6 Å². The van der Waals surface area contributed by atoms with Gasteiger partial charge < -0.3 is 10.0 Å². The number of sulfonamides is 1. The van der Waals surface area contributed by atoms with Gasteiger partial charge in [0, 0.05) is 13.1 Å². The molecule has 1 fully saturated rings. The van der Waals surface area contributed by atoms with Gasteiger partial charge in [0.1, 0.15) is 10.6 Å². The number of phenolic OH excluding ortho intramolecular Hbond substituents is 1. The minimum atomic E-state index is -3.63. The zero-order valence-electron chi connectivity index (χ0n) is 11.0. The molecule has 106 valence electrons. The van der Waals surface area contributed by atoms with Crippen LogP contribution in [0.25, 0.3) is 0 Å². The van der Waals surface area contributed by atoms with Gasteiger partial charge >= 0.3 is 0 Å². The molecule has 1 heterocycles. The third-order valence-electron chi connectivity index (χ3n) is 3.44. The summed E-state index contributed by atoms with van der Waals surface area (Å²) in [6.07, 6.45) is 2.13. The van der Waals surface area contributed by atoms with Gasteiger partial charge in [0.25, 0.3) is 0 Å². The first-order chi connectivity index (χ1) is 8.99. The van der Waals surface area contributed by atoms with E-state index in [0.717, 1.165) is 25.9 Å². The standard InChI is InChI=1S/C13H20N2O3S/c1-15-8-4-5-11(10-15)9-14-19(17,18)13-7-3-2-6-12(13)16/h2-3,6-7,11,14,16H,4-5,8-10H2,1H3. The van der Waals surface area contributed by atoms with Crippen molar-refractivity contribution in [3.05, 3.63) is 24.3 Å². The number of benzene rings is 1. The molecule has 2 rings (SSSR count). The molecule has 5 nitrogen and oxygen atoms in total. The van der Waals surface area contributed by atoms with E-state index in [-0.39, 0.29) is 10.6 Å². The lowest BCUT2D eigenvalue weighted by Gasteiger charge is -2.29. The van der Waals surface area contributed by atoms with E-state index in [4.69, 9.17) is 0 Å². The summed E-state index contributed by atoms with van der Waals surface area (Å²) < 4.78 is 26.8. The van der Waals surface area contributed by atoms with Crippen LogP contribution in [0.1, 0.15) is 12.8 Å². The molecule has 0 saturated carbocycles. The number of piperidine rings is 1. The molecule has 1 aliphatic rings. The zero-order valence-corrected chi connectivity index (χ0v) is 11.9. The van der Waals surface area contributed by atoms with Crippen LogP contribution in [0.2, 0.25) is 0 Å². The number of aromatic hydroxyl groups is 1. The van der Waals surface area contributed by atoms with Crippen LogP contribution in [-0.2, 0) is 10.0 Å². The van der Waals surface area contributed by atoms with Gasteiger partial charge in [0.05, 0.1) is 0 Å². The molecule has 0 amide bonds. The van der Waals surface area contributed by atoms with Crippen LogP contribution in [-0.4, -0.2) is 45.1 Å². The second-order valence-corrected chi connectivity index (χ2v) is 6.83. The van der Waals surface area contributed by atoms with E-state index in [1.54, 1.807) is 12.1 Å². The van der Waals surface area contributed by atoms with E-state index in [0.29, 0.717) is 12.5 Å². The summed E-state index contributed by atoms with van der Waals surface area (Å²) in [5, 5.41) is 9.60. The van der Waals surface area contributed by atoms with E-state index in [1.807, 2.05) is 7.05 Å². The van der Waals surface area contributed by atoms with Gasteiger partial charge in [0.2, 0.25) is 10.0 Å². The van der Waals surface area contributed by atoms with Crippen LogP contribution in [0.15, 0.2) is 29.2 Å². The first-order valence-electron chi connectivity index (χ1n) is 6.45. The normalized spacial score (nSPS) is 21.4. The lowest BCUT2D eigenvalue weighted by atomic mass is 9.99. The van der Waals surface area contributed by atoms with E-state index in [9.17, 15) is 13.5 Å². The van der Waals surface area contributed by atoms with Gasteiger partial charge in [-0.25, -0.2) is 13.1 Å². The predicted octanol–water partition coefficient (Wildman–Crippen LogP) is 1.01. The molecule has 1 atom stereocenters. The minimum absolute atomic E-state index is 0.0563. The maximum absolute atomic E-state index is 12.1. The van der Waals surface area contributed by atoms with Crippen molar-refractivity contribution >= 4 is 10.0 Å². The highest BCUT2D eigenvalue weighted by Gasteiger charge is 2.22. The number of para-hydroxylation sites is 1. The molecule has 1 aromatic rings. The Morgan fingerprint density at radius 3 is 2.84 bits per heavy atom. The molecule has 1 saturated heterocycles. The van der Waals surface area contributed by atoms with Gasteiger partial charge in [-0.15, -0.1) is 0 Å². The predicted molar refractivity (Wildman–Crippen MR) is 73.5 cm³/mol. The third-order valence-corrected chi connectivity index (χ3v) is 4.91. The third kappa shape index (κ3) is 3.68. The van der Waals surface area contributed by atoms with E-state index >= 15 is 0 Å². The van der Waals surface area contributed by atoms with Crippen LogP contribution < -0.4 is 4.72 Å². The summed E-state index contributed by atoms with van der Waals surface area (Å²) in [6, 6.07) is 5.99. The van der Waals surface area contributed by atoms with Crippen molar-refractivity contribution < 1.29 is 13.5 Å². The molecule has 0 aliphatic carbocycles. The van der Waals surface area contributed by atoms with Gasteiger partial charge in [-0.1, -0.05) is 12.1 Å². The van der Waals surface area contributed by atoms with Gasteiger partial charge in [-0.3, -0.25) is 0 Å². The molecule has 1 aromatic carbocycles. The number of rotatable bonds is 4. The molecule has 0 spiro atoms. The quantitative estimate of drug-likeness (QED) is 0.866. The molecule has 0 radical (unpaired) electrons. The Bertz CT molecular complexity index is 530. The number of hydrogen-bond donors (Lipinski definition) is 2. The average Bonchev–Trinajstić information content (AvgIpc) is 2.37. The van der Waals surface area contributed by atoms with Gasteiger partial charge in [-0.2, -0.15) is 0 Å². The van der Waals surface area contributed by atoms with Crippen molar-refractivity contribution in [3.8, 4) is 5.75 Å². The van der Waals surface area contributed by atoms with E-state index < -0.39 is 10.0 Å². The van der Waals surface area contributed by atoms with Gasteiger partial charge in [-0.05, 0) is 44.5 Å². The lowest BCUT2D eigenvalue weighted by Crippen LogP contribution is -2.39.